The summed E-state index contributed by atoms with van der Waals surface area (Å²) in [5, 5.41) is 2.73. The van der Waals surface area contributed by atoms with E-state index in [-0.39, 0.29) is 17.5 Å². The normalized spacial score (nSPS) is 15.0. The first-order valence-electron chi connectivity index (χ1n) is 7.11. The maximum absolute atomic E-state index is 13.8. The molecule has 0 atom stereocenters. The first-order valence-corrected chi connectivity index (χ1v) is 7.11. The van der Waals surface area contributed by atoms with Gasteiger partial charge in [0.15, 0.2) is 0 Å². The molecule has 1 heterocycles. The van der Waals surface area contributed by atoms with Crippen LogP contribution >= 0.6 is 0 Å². The second-order valence-electron chi connectivity index (χ2n) is 5.10. The molecule has 1 N–H and O–H groups in total. The Labute approximate surface area is 123 Å². The number of halogens is 1. The first-order chi connectivity index (χ1) is 10.0. The summed E-state index contributed by atoms with van der Waals surface area (Å²) in [5.41, 5.74) is 0.872. The van der Waals surface area contributed by atoms with Crippen LogP contribution in [0.5, 0.6) is 0 Å². The van der Waals surface area contributed by atoms with Gasteiger partial charge < -0.3 is 15.1 Å². The number of benzene rings is 1. The van der Waals surface area contributed by atoms with Crippen LogP contribution in [-0.2, 0) is 0 Å². The summed E-state index contributed by atoms with van der Waals surface area (Å²) in [6, 6.07) is 4.48. The van der Waals surface area contributed by atoms with Crippen LogP contribution in [0, 0.1) is 12.7 Å². The minimum absolute atomic E-state index is 0.0899. The molecule has 1 saturated heterocycles. The number of rotatable bonds is 2. The predicted octanol–water partition coefficient (Wildman–Crippen LogP) is 1.62. The van der Waals surface area contributed by atoms with Gasteiger partial charge in [-0.15, -0.1) is 0 Å². The zero-order valence-corrected chi connectivity index (χ0v) is 12.4. The molecule has 21 heavy (non-hydrogen) atoms. The summed E-state index contributed by atoms with van der Waals surface area (Å²) >= 11 is 0. The fourth-order valence-corrected chi connectivity index (χ4v) is 2.34. The fourth-order valence-electron chi connectivity index (χ4n) is 2.34. The van der Waals surface area contributed by atoms with Gasteiger partial charge in [-0.1, -0.05) is 6.07 Å². The summed E-state index contributed by atoms with van der Waals surface area (Å²) in [6.07, 6.45) is 0. The summed E-state index contributed by atoms with van der Waals surface area (Å²) in [4.78, 5) is 27.2. The molecule has 1 aliphatic rings. The molecule has 1 aromatic rings. The molecular formula is C15H20FN3O2. The molecule has 0 spiro atoms. The van der Waals surface area contributed by atoms with Gasteiger partial charge in [0.1, 0.15) is 5.82 Å². The topological polar surface area (TPSA) is 52.7 Å². The number of carbonyl (C=O) groups is 2. The SMILES string of the molecule is CCNC(=O)N1CCN(C(=O)c2ccc(C)cc2F)CC1. The molecule has 5 nitrogen and oxygen atoms in total. The van der Waals surface area contributed by atoms with Gasteiger partial charge in [0.25, 0.3) is 5.91 Å². The zero-order valence-electron chi connectivity index (χ0n) is 12.4. The van der Waals surface area contributed by atoms with E-state index in [0.717, 1.165) is 5.56 Å². The van der Waals surface area contributed by atoms with Crippen molar-refractivity contribution in [2.45, 2.75) is 13.8 Å². The van der Waals surface area contributed by atoms with E-state index in [9.17, 15) is 14.0 Å². The number of hydrogen-bond acceptors (Lipinski definition) is 2. The summed E-state index contributed by atoms with van der Waals surface area (Å²) in [7, 11) is 0. The van der Waals surface area contributed by atoms with Gasteiger partial charge in [-0.25, -0.2) is 9.18 Å². The molecule has 1 fully saturated rings. The quantitative estimate of drug-likeness (QED) is 0.901. The molecule has 3 amide bonds. The maximum atomic E-state index is 13.8. The Morgan fingerprint density at radius 1 is 1.19 bits per heavy atom. The zero-order chi connectivity index (χ0) is 15.4. The molecule has 0 unspecified atom stereocenters. The van der Waals surface area contributed by atoms with Gasteiger partial charge in [-0.3, -0.25) is 4.79 Å². The Morgan fingerprint density at radius 2 is 1.81 bits per heavy atom. The Hall–Kier alpha value is -2.11. The van der Waals surface area contributed by atoms with Crippen LogP contribution < -0.4 is 5.32 Å². The molecule has 114 valence electrons. The summed E-state index contributed by atoms with van der Waals surface area (Å²) < 4.78 is 13.8. The van der Waals surface area contributed by atoms with Crippen molar-refractivity contribution in [2.24, 2.45) is 0 Å². The monoisotopic (exact) mass is 293 g/mol. The summed E-state index contributed by atoms with van der Waals surface area (Å²) in [5.74, 6) is -0.811. The van der Waals surface area contributed by atoms with Crippen LogP contribution in [0.1, 0.15) is 22.8 Å². The molecule has 0 aliphatic carbocycles. The smallest absolute Gasteiger partial charge is 0.317 e. The number of piperazine rings is 1. The largest absolute Gasteiger partial charge is 0.338 e. The van der Waals surface area contributed by atoms with Gasteiger partial charge in [-0.05, 0) is 31.5 Å². The number of aryl methyl sites for hydroxylation is 1. The second kappa shape index (κ2) is 6.56. The number of nitrogens with one attached hydrogen (secondary N) is 1. The molecule has 0 bridgehead atoms. The van der Waals surface area contributed by atoms with Crippen LogP contribution in [0.15, 0.2) is 18.2 Å². The predicted molar refractivity (Wildman–Crippen MR) is 77.7 cm³/mol. The van der Waals surface area contributed by atoms with E-state index in [1.165, 1.54) is 12.1 Å². The van der Waals surface area contributed by atoms with Gasteiger partial charge in [0.2, 0.25) is 0 Å². The van der Waals surface area contributed by atoms with Crippen molar-refractivity contribution >= 4 is 11.9 Å². The average Bonchev–Trinajstić information content (AvgIpc) is 2.47. The highest BCUT2D eigenvalue weighted by Gasteiger charge is 2.25. The Balaban J connectivity index is 1.98. The van der Waals surface area contributed by atoms with Gasteiger partial charge in [-0.2, -0.15) is 0 Å². The van der Waals surface area contributed by atoms with Crippen LogP contribution in [0.4, 0.5) is 9.18 Å². The van der Waals surface area contributed by atoms with Crippen LogP contribution in [0.25, 0.3) is 0 Å². The third-order valence-electron chi connectivity index (χ3n) is 3.54. The van der Waals surface area contributed by atoms with E-state index in [1.54, 1.807) is 22.8 Å². The fraction of sp³-hybridized carbons (Fsp3) is 0.467. The number of amides is 3. The lowest BCUT2D eigenvalue weighted by atomic mass is 10.1. The van der Waals surface area contributed by atoms with Crippen molar-refractivity contribution in [3.63, 3.8) is 0 Å². The van der Waals surface area contributed by atoms with Gasteiger partial charge >= 0.3 is 6.03 Å². The highest BCUT2D eigenvalue weighted by atomic mass is 19.1. The average molecular weight is 293 g/mol. The molecule has 0 aromatic heterocycles. The van der Waals surface area contributed by atoms with E-state index in [2.05, 4.69) is 5.32 Å². The van der Waals surface area contributed by atoms with Crippen LogP contribution in [0.2, 0.25) is 0 Å². The first kappa shape index (κ1) is 15.3. The lowest BCUT2D eigenvalue weighted by molar-refractivity contribution is 0.0660. The highest BCUT2D eigenvalue weighted by molar-refractivity contribution is 5.94. The maximum Gasteiger partial charge on any atom is 0.317 e. The molecular weight excluding hydrogens is 273 g/mol. The minimum atomic E-state index is -0.494. The minimum Gasteiger partial charge on any atom is -0.338 e. The number of carbonyl (C=O) groups excluding carboxylic acids is 2. The van der Waals surface area contributed by atoms with Crippen molar-refractivity contribution in [1.82, 2.24) is 15.1 Å². The third-order valence-corrected chi connectivity index (χ3v) is 3.54. The molecule has 0 saturated carbocycles. The third kappa shape index (κ3) is 3.51. The molecule has 1 aromatic carbocycles. The van der Waals surface area contributed by atoms with E-state index >= 15 is 0 Å². The highest BCUT2D eigenvalue weighted by Crippen LogP contribution is 2.14. The van der Waals surface area contributed by atoms with Crippen molar-refractivity contribution in [2.75, 3.05) is 32.7 Å². The van der Waals surface area contributed by atoms with Crippen molar-refractivity contribution in [3.8, 4) is 0 Å². The molecule has 2 rings (SSSR count). The van der Waals surface area contributed by atoms with Gasteiger partial charge in [0, 0.05) is 32.7 Å². The van der Waals surface area contributed by atoms with E-state index in [4.69, 9.17) is 0 Å². The van der Waals surface area contributed by atoms with Crippen molar-refractivity contribution < 1.29 is 14.0 Å². The van der Waals surface area contributed by atoms with Crippen molar-refractivity contribution in [3.05, 3.63) is 35.1 Å². The van der Waals surface area contributed by atoms with Crippen LogP contribution in [-0.4, -0.2) is 54.5 Å². The van der Waals surface area contributed by atoms with Crippen LogP contribution in [0.3, 0.4) is 0 Å². The second-order valence-corrected chi connectivity index (χ2v) is 5.10. The Kier molecular flexibility index (Phi) is 4.77. The molecule has 0 radical (unpaired) electrons. The van der Waals surface area contributed by atoms with Crippen molar-refractivity contribution in [1.29, 1.82) is 0 Å². The Bertz CT molecular complexity index is 540. The number of urea groups is 1. The van der Waals surface area contributed by atoms with Gasteiger partial charge in [0.05, 0.1) is 5.56 Å². The van der Waals surface area contributed by atoms with E-state index in [0.29, 0.717) is 32.7 Å². The molecule has 1 aliphatic heterocycles. The van der Waals surface area contributed by atoms with E-state index < -0.39 is 5.82 Å². The Morgan fingerprint density at radius 3 is 2.38 bits per heavy atom. The summed E-state index contributed by atoms with van der Waals surface area (Å²) in [6.45, 7) is 5.98. The lowest BCUT2D eigenvalue weighted by Crippen LogP contribution is -2.53. The van der Waals surface area contributed by atoms with E-state index in [1.807, 2.05) is 6.92 Å². The molecule has 6 heteroatoms. The number of nitrogens with zero attached hydrogens (tertiary/aromatic N) is 2. The number of hydrogen-bond donors (Lipinski definition) is 1. The standard InChI is InChI=1S/C15H20FN3O2/c1-3-17-15(21)19-8-6-18(7-9-19)14(20)12-5-4-11(2)10-13(12)16/h4-5,10H,3,6-9H2,1-2H3,(H,17,21). The lowest BCUT2D eigenvalue weighted by Gasteiger charge is -2.34.